The molecule has 1 heterocycles. The van der Waals surface area contributed by atoms with Crippen LogP contribution in [-0.4, -0.2) is 11.5 Å². The molecular weight excluding hydrogens is 186 g/mol. The highest BCUT2D eigenvalue weighted by Gasteiger charge is 2.08. The standard InChI is InChI=1S/C12H15N3/c1-8-5-6-9-3-2-4-10(11(14)7-13)12(9)15-8/h2-6,11H,7,13-14H2,1H3. The minimum Gasteiger partial charge on any atom is -0.329 e. The number of nitrogens with zero attached hydrogens (tertiary/aromatic N) is 1. The second-order valence-corrected chi connectivity index (χ2v) is 3.71. The zero-order valence-corrected chi connectivity index (χ0v) is 8.77. The maximum Gasteiger partial charge on any atom is 0.0753 e. The van der Waals surface area contributed by atoms with Gasteiger partial charge >= 0.3 is 0 Å². The van der Waals surface area contributed by atoms with Gasteiger partial charge in [-0.3, -0.25) is 4.98 Å². The Bertz CT molecular complexity index is 479. The predicted molar refractivity (Wildman–Crippen MR) is 62.5 cm³/mol. The fourth-order valence-corrected chi connectivity index (χ4v) is 1.69. The second kappa shape index (κ2) is 3.96. The molecule has 1 aromatic heterocycles. The van der Waals surface area contributed by atoms with Gasteiger partial charge in [-0.2, -0.15) is 0 Å². The SMILES string of the molecule is Cc1ccc2cccc(C(N)CN)c2n1. The summed E-state index contributed by atoms with van der Waals surface area (Å²) >= 11 is 0. The first-order valence-electron chi connectivity index (χ1n) is 5.04. The summed E-state index contributed by atoms with van der Waals surface area (Å²) in [5.41, 5.74) is 14.5. The average Bonchev–Trinajstić information content (AvgIpc) is 2.27. The number of hydrogen-bond donors (Lipinski definition) is 2. The monoisotopic (exact) mass is 201 g/mol. The maximum atomic E-state index is 5.95. The first-order chi connectivity index (χ1) is 7.22. The lowest BCUT2D eigenvalue weighted by Gasteiger charge is -2.11. The summed E-state index contributed by atoms with van der Waals surface area (Å²) in [7, 11) is 0. The van der Waals surface area contributed by atoms with Crippen LogP contribution in [0.15, 0.2) is 30.3 Å². The minimum atomic E-state index is -0.136. The highest BCUT2D eigenvalue weighted by atomic mass is 14.7. The Hall–Kier alpha value is -1.45. The molecule has 1 aromatic carbocycles. The number of fused-ring (bicyclic) bond motifs is 1. The first-order valence-corrected chi connectivity index (χ1v) is 5.04. The van der Waals surface area contributed by atoms with Crippen LogP contribution >= 0.6 is 0 Å². The third-order valence-electron chi connectivity index (χ3n) is 2.54. The van der Waals surface area contributed by atoms with Crippen molar-refractivity contribution in [2.75, 3.05) is 6.54 Å². The molecule has 2 aromatic rings. The largest absolute Gasteiger partial charge is 0.329 e. The highest BCUT2D eigenvalue weighted by Crippen LogP contribution is 2.21. The highest BCUT2D eigenvalue weighted by molar-refractivity contribution is 5.82. The normalized spacial score (nSPS) is 13.0. The zero-order chi connectivity index (χ0) is 10.8. The lowest BCUT2D eigenvalue weighted by Crippen LogP contribution is -2.21. The summed E-state index contributed by atoms with van der Waals surface area (Å²) in [5, 5.41) is 1.11. The molecule has 78 valence electrons. The summed E-state index contributed by atoms with van der Waals surface area (Å²) in [4.78, 5) is 4.51. The Morgan fingerprint density at radius 3 is 2.80 bits per heavy atom. The van der Waals surface area contributed by atoms with Crippen molar-refractivity contribution >= 4 is 10.9 Å². The van der Waals surface area contributed by atoms with Crippen LogP contribution in [0.4, 0.5) is 0 Å². The molecule has 3 heteroatoms. The van der Waals surface area contributed by atoms with Crippen molar-refractivity contribution in [2.45, 2.75) is 13.0 Å². The Balaban J connectivity index is 2.68. The second-order valence-electron chi connectivity index (χ2n) is 3.71. The van der Waals surface area contributed by atoms with Crippen molar-refractivity contribution in [3.63, 3.8) is 0 Å². The molecule has 3 nitrogen and oxygen atoms in total. The molecule has 0 aliphatic carbocycles. The van der Waals surface area contributed by atoms with E-state index in [1.54, 1.807) is 0 Å². The van der Waals surface area contributed by atoms with Gasteiger partial charge in [0.05, 0.1) is 5.52 Å². The quantitative estimate of drug-likeness (QED) is 0.774. The molecule has 0 aliphatic rings. The van der Waals surface area contributed by atoms with E-state index in [1.807, 2.05) is 31.2 Å². The molecule has 0 aliphatic heterocycles. The molecule has 1 unspecified atom stereocenters. The van der Waals surface area contributed by atoms with Gasteiger partial charge < -0.3 is 11.5 Å². The third-order valence-corrected chi connectivity index (χ3v) is 2.54. The van der Waals surface area contributed by atoms with Crippen LogP contribution in [0.5, 0.6) is 0 Å². The van der Waals surface area contributed by atoms with Crippen molar-refractivity contribution in [1.82, 2.24) is 4.98 Å². The molecule has 2 rings (SSSR count). The van der Waals surface area contributed by atoms with E-state index >= 15 is 0 Å². The summed E-state index contributed by atoms with van der Waals surface area (Å²) in [6.45, 7) is 2.42. The van der Waals surface area contributed by atoms with Gasteiger partial charge in [-0.05, 0) is 18.6 Å². The lowest BCUT2D eigenvalue weighted by atomic mass is 10.0. The van der Waals surface area contributed by atoms with Crippen molar-refractivity contribution in [1.29, 1.82) is 0 Å². The van der Waals surface area contributed by atoms with Gasteiger partial charge in [0.25, 0.3) is 0 Å². The number of hydrogen-bond acceptors (Lipinski definition) is 3. The molecular formula is C12H15N3. The van der Waals surface area contributed by atoms with Gasteiger partial charge in [0.1, 0.15) is 0 Å². The number of pyridine rings is 1. The van der Waals surface area contributed by atoms with Crippen LogP contribution < -0.4 is 11.5 Å². The van der Waals surface area contributed by atoms with E-state index in [0.29, 0.717) is 6.54 Å². The molecule has 0 fully saturated rings. The van der Waals surface area contributed by atoms with Crippen molar-refractivity contribution in [3.8, 4) is 0 Å². The van der Waals surface area contributed by atoms with E-state index in [1.165, 1.54) is 0 Å². The van der Waals surface area contributed by atoms with Gasteiger partial charge in [-0.15, -0.1) is 0 Å². The summed E-state index contributed by atoms with van der Waals surface area (Å²) in [5.74, 6) is 0. The predicted octanol–water partition coefficient (Wildman–Crippen LogP) is 1.50. The van der Waals surface area contributed by atoms with Crippen molar-refractivity contribution in [2.24, 2.45) is 11.5 Å². The Kier molecular flexibility index (Phi) is 2.66. The summed E-state index contributed by atoms with van der Waals surface area (Å²) in [6, 6.07) is 9.94. The van der Waals surface area contributed by atoms with E-state index in [4.69, 9.17) is 11.5 Å². The number of rotatable bonds is 2. The molecule has 0 amide bonds. The number of aryl methyl sites for hydroxylation is 1. The van der Waals surface area contributed by atoms with Crippen LogP contribution in [0.25, 0.3) is 10.9 Å². The minimum absolute atomic E-state index is 0.136. The third kappa shape index (κ3) is 1.84. The topological polar surface area (TPSA) is 64.9 Å². The molecule has 4 N–H and O–H groups in total. The maximum absolute atomic E-state index is 5.95. The van der Waals surface area contributed by atoms with Crippen molar-refractivity contribution in [3.05, 3.63) is 41.6 Å². The van der Waals surface area contributed by atoms with E-state index < -0.39 is 0 Å². The number of aromatic nitrogens is 1. The Morgan fingerprint density at radius 1 is 1.27 bits per heavy atom. The first kappa shape index (κ1) is 10.1. The zero-order valence-electron chi connectivity index (χ0n) is 8.77. The molecule has 1 atom stereocenters. The van der Waals surface area contributed by atoms with Gasteiger partial charge in [-0.25, -0.2) is 0 Å². The van der Waals surface area contributed by atoms with E-state index in [2.05, 4.69) is 11.1 Å². The fourth-order valence-electron chi connectivity index (χ4n) is 1.69. The molecule has 0 bridgehead atoms. The molecule has 0 radical (unpaired) electrons. The molecule has 15 heavy (non-hydrogen) atoms. The Labute approximate surface area is 89.1 Å². The Morgan fingerprint density at radius 2 is 2.07 bits per heavy atom. The smallest absolute Gasteiger partial charge is 0.0753 e. The molecule has 0 spiro atoms. The number of nitrogens with two attached hydrogens (primary N) is 2. The number of para-hydroxylation sites is 1. The average molecular weight is 201 g/mol. The van der Waals surface area contributed by atoms with Crippen LogP contribution in [-0.2, 0) is 0 Å². The fraction of sp³-hybridized carbons (Fsp3) is 0.250. The summed E-state index contributed by atoms with van der Waals surface area (Å²) < 4.78 is 0. The molecule has 0 saturated heterocycles. The van der Waals surface area contributed by atoms with Crippen LogP contribution in [0.2, 0.25) is 0 Å². The van der Waals surface area contributed by atoms with Gasteiger partial charge in [0.15, 0.2) is 0 Å². The number of benzene rings is 1. The van der Waals surface area contributed by atoms with Gasteiger partial charge in [0, 0.05) is 23.7 Å². The van der Waals surface area contributed by atoms with E-state index in [9.17, 15) is 0 Å². The van der Waals surface area contributed by atoms with Gasteiger partial charge in [-0.1, -0.05) is 24.3 Å². The summed E-state index contributed by atoms with van der Waals surface area (Å²) in [6.07, 6.45) is 0. The molecule has 0 saturated carbocycles. The lowest BCUT2D eigenvalue weighted by molar-refractivity contribution is 0.741. The van der Waals surface area contributed by atoms with Crippen LogP contribution in [0.1, 0.15) is 17.3 Å². The van der Waals surface area contributed by atoms with E-state index in [0.717, 1.165) is 22.2 Å². The van der Waals surface area contributed by atoms with Crippen LogP contribution in [0.3, 0.4) is 0 Å². The van der Waals surface area contributed by atoms with Crippen molar-refractivity contribution < 1.29 is 0 Å². The van der Waals surface area contributed by atoms with E-state index in [-0.39, 0.29) is 6.04 Å². The van der Waals surface area contributed by atoms with Gasteiger partial charge in [0.2, 0.25) is 0 Å². The van der Waals surface area contributed by atoms with Crippen LogP contribution in [0, 0.1) is 6.92 Å².